The monoisotopic (exact) mass is 303 g/mol. The maximum atomic E-state index is 9.62. The number of nitrogens with one attached hydrogen (secondary N) is 1. The van der Waals surface area contributed by atoms with Crippen LogP contribution in [0, 0.1) is 22.7 Å². The normalized spacial score (nSPS) is 10.2. The van der Waals surface area contributed by atoms with Crippen LogP contribution in [0.4, 0.5) is 5.69 Å². The van der Waals surface area contributed by atoms with Gasteiger partial charge in [-0.1, -0.05) is 30.3 Å². The second-order valence-electron chi connectivity index (χ2n) is 4.83. The number of nitriles is 2. The van der Waals surface area contributed by atoms with Crippen LogP contribution in [0.1, 0.15) is 18.2 Å². The summed E-state index contributed by atoms with van der Waals surface area (Å²) in [6, 6.07) is 13.6. The zero-order valence-corrected chi connectivity index (χ0v) is 12.4. The van der Waals surface area contributed by atoms with E-state index in [1.807, 2.05) is 43.3 Å². The van der Waals surface area contributed by atoms with Gasteiger partial charge in [0.2, 0.25) is 5.88 Å². The average Bonchev–Trinajstić information content (AvgIpc) is 2.90. The van der Waals surface area contributed by atoms with E-state index in [1.54, 1.807) is 0 Å². The van der Waals surface area contributed by atoms with Crippen molar-refractivity contribution in [2.24, 2.45) is 0 Å². The number of benzene rings is 1. The standard InChI is InChI=1S/C17H13N5O/c1-2-23-17-11(8-18)13(10-6-4-3-5-7-10)14-15(20)12(9-19)21-16(14)22-17/h3-7H,2,20H2,1H3,(H,21,22). The fraction of sp³-hybridized carbons (Fsp3) is 0.118. The number of aromatic nitrogens is 2. The van der Waals surface area contributed by atoms with E-state index in [2.05, 4.69) is 16.0 Å². The Bertz CT molecular complexity index is 961. The van der Waals surface area contributed by atoms with Crippen LogP contribution >= 0.6 is 0 Å². The first-order chi connectivity index (χ1) is 11.2. The van der Waals surface area contributed by atoms with Crippen molar-refractivity contribution in [3.05, 3.63) is 41.6 Å². The first kappa shape index (κ1) is 14.4. The molecule has 0 saturated heterocycles. The molecule has 2 heterocycles. The minimum absolute atomic E-state index is 0.224. The Hall–Kier alpha value is -3.51. The fourth-order valence-electron chi connectivity index (χ4n) is 2.55. The number of nitrogens with two attached hydrogens (primary N) is 1. The third kappa shape index (κ3) is 2.23. The zero-order valence-electron chi connectivity index (χ0n) is 12.4. The number of ether oxygens (including phenoxy) is 1. The maximum absolute atomic E-state index is 9.62. The summed E-state index contributed by atoms with van der Waals surface area (Å²) in [5.74, 6) is 0.229. The summed E-state index contributed by atoms with van der Waals surface area (Å²) in [6.07, 6.45) is 0. The largest absolute Gasteiger partial charge is 0.477 e. The molecule has 0 radical (unpaired) electrons. The van der Waals surface area contributed by atoms with Crippen molar-refractivity contribution < 1.29 is 4.74 Å². The third-order valence-corrected chi connectivity index (χ3v) is 3.51. The van der Waals surface area contributed by atoms with Crippen molar-refractivity contribution in [2.45, 2.75) is 6.92 Å². The molecule has 6 heteroatoms. The topological polar surface area (TPSA) is 112 Å². The van der Waals surface area contributed by atoms with E-state index < -0.39 is 0 Å². The van der Waals surface area contributed by atoms with E-state index in [9.17, 15) is 10.5 Å². The predicted molar refractivity (Wildman–Crippen MR) is 86.5 cm³/mol. The number of hydrogen-bond donors (Lipinski definition) is 2. The highest BCUT2D eigenvalue weighted by Gasteiger charge is 2.22. The van der Waals surface area contributed by atoms with Gasteiger partial charge in [0.15, 0.2) is 0 Å². The molecule has 0 spiro atoms. The number of pyridine rings is 1. The van der Waals surface area contributed by atoms with Crippen molar-refractivity contribution >= 4 is 16.7 Å². The Morgan fingerprint density at radius 2 is 1.96 bits per heavy atom. The van der Waals surface area contributed by atoms with E-state index in [-0.39, 0.29) is 17.3 Å². The van der Waals surface area contributed by atoms with Crippen LogP contribution < -0.4 is 10.5 Å². The van der Waals surface area contributed by atoms with Crippen LogP contribution in [-0.2, 0) is 0 Å². The van der Waals surface area contributed by atoms with Crippen molar-refractivity contribution in [2.75, 3.05) is 12.3 Å². The van der Waals surface area contributed by atoms with Crippen molar-refractivity contribution in [3.8, 4) is 29.1 Å². The van der Waals surface area contributed by atoms with Crippen molar-refractivity contribution in [1.82, 2.24) is 9.97 Å². The van der Waals surface area contributed by atoms with Gasteiger partial charge in [0.25, 0.3) is 0 Å². The summed E-state index contributed by atoms with van der Waals surface area (Å²) < 4.78 is 5.50. The molecule has 0 unspecified atom stereocenters. The Morgan fingerprint density at radius 3 is 2.57 bits per heavy atom. The van der Waals surface area contributed by atoms with E-state index in [0.29, 0.717) is 28.8 Å². The van der Waals surface area contributed by atoms with Gasteiger partial charge in [-0.3, -0.25) is 0 Å². The molecule has 112 valence electrons. The third-order valence-electron chi connectivity index (χ3n) is 3.51. The summed E-state index contributed by atoms with van der Waals surface area (Å²) in [6.45, 7) is 2.20. The second kappa shape index (κ2) is 5.70. The smallest absolute Gasteiger partial charge is 0.234 e. The van der Waals surface area contributed by atoms with Gasteiger partial charge in [0.05, 0.1) is 17.7 Å². The van der Waals surface area contributed by atoms with Gasteiger partial charge >= 0.3 is 0 Å². The summed E-state index contributed by atoms with van der Waals surface area (Å²) in [5.41, 5.74) is 8.77. The molecular formula is C17H13N5O. The number of aromatic amines is 1. The van der Waals surface area contributed by atoms with Gasteiger partial charge in [-0.05, 0) is 12.5 Å². The lowest BCUT2D eigenvalue weighted by molar-refractivity contribution is 0.327. The zero-order chi connectivity index (χ0) is 16.4. The SMILES string of the molecule is CCOc1nc2[nH]c(C#N)c(N)c2c(-c2ccccc2)c1C#N. The van der Waals surface area contributed by atoms with Crippen LogP contribution in [-0.4, -0.2) is 16.6 Å². The minimum atomic E-state index is 0.224. The maximum Gasteiger partial charge on any atom is 0.234 e. The lowest BCUT2D eigenvalue weighted by Gasteiger charge is -2.11. The number of anilines is 1. The number of H-pyrrole nitrogens is 1. The highest BCUT2D eigenvalue weighted by molar-refractivity contribution is 6.06. The molecule has 23 heavy (non-hydrogen) atoms. The fourth-order valence-corrected chi connectivity index (χ4v) is 2.55. The first-order valence-electron chi connectivity index (χ1n) is 7.04. The van der Waals surface area contributed by atoms with E-state index in [1.165, 1.54) is 0 Å². The number of rotatable bonds is 3. The van der Waals surface area contributed by atoms with Crippen molar-refractivity contribution in [3.63, 3.8) is 0 Å². The van der Waals surface area contributed by atoms with Crippen LogP contribution in [0.25, 0.3) is 22.2 Å². The molecule has 3 rings (SSSR count). The predicted octanol–water partition coefficient (Wildman–Crippen LogP) is 2.95. The molecule has 0 fully saturated rings. The lowest BCUT2D eigenvalue weighted by Crippen LogP contribution is -2.01. The highest BCUT2D eigenvalue weighted by atomic mass is 16.5. The summed E-state index contributed by atoms with van der Waals surface area (Å²) >= 11 is 0. The number of nitrogens with zero attached hydrogens (tertiary/aromatic N) is 3. The summed E-state index contributed by atoms with van der Waals surface area (Å²) in [5, 5.41) is 19.4. The van der Waals surface area contributed by atoms with Gasteiger partial charge in [0.1, 0.15) is 29.0 Å². The molecule has 0 aliphatic heterocycles. The summed E-state index contributed by atoms with van der Waals surface area (Å²) in [7, 11) is 0. The van der Waals surface area contributed by atoms with Crippen LogP contribution in [0.5, 0.6) is 5.88 Å². The molecule has 0 bridgehead atoms. The number of fused-ring (bicyclic) bond motifs is 1. The number of nitrogen functional groups attached to an aromatic ring is 1. The van der Waals surface area contributed by atoms with Crippen molar-refractivity contribution in [1.29, 1.82) is 10.5 Å². The molecule has 3 aromatic rings. The Kier molecular flexibility index (Phi) is 3.58. The Labute approximate surface area is 132 Å². The van der Waals surface area contributed by atoms with E-state index >= 15 is 0 Å². The quantitative estimate of drug-likeness (QED) is 0.772. The van der Waals surface area contributed by atoms with Crippen LogP contribution in [0.15, 0.2) is 30.3 Å². The van der Waals surface area contributed by atoms with Gasteiger partial charge in [0, 0.05) is 5.56 Å². The molecule has 0 amide bonds. The number of hydrogen-bond acceptors (Lipinski definition) is 5. The minimum Gasteiger partial charge on any atom is -0.477 e. The van der Waals surface area contributed by atoms with Gasteiger partial charge in [-0.2, -0.15) is 15.5 Å². The van der Waals surface area contributed by atoms with Gasteiger partial charge in [-0.15, -0.1) is 0 Å². The van der Waals surface area contributed by atoms with E-state index in [4.69, 9.17) is 10.5 Å². The Balaban J connectivity index is 2.49. The van der Waals surface area contributed by atoms with E-state index in [0.717, 1.165) is 5.56 Å². The van der Waals surface area contributed by atoms with Gasteiger partial charge in [-0.25, -0.2) is 0 Å². The van der Waals surface area contributed by atoms with Crippen LogP contribution in [0.2, 0.25) is 0 Å². The molecule has 3 N–H and O–H groups in total. The molecule has 0 aliphatic carbocycles. The molecule has 2 aromatic heterocycles. The molecule has 0 aliphatic rings. The van der Waals surface area contributed by atoms with Crippen LogP contribution in [0.3, 0.4) is 0 Å². The Morgan fingerprint density at radius 1 is 1.22 bits per heavy atom. The highest BCUT2D eigenvalue weighted by Crippen LogP contribution is 2.39. The van der Waals surface area contributed by atoms with Gasteiger partial charge < -0.3 is 15.5 Å². The molecule has 0 atom stereocenters. The average molecular weight is 303 g/mol. The molecule has 0 saturated carbocycles. The molecular weight excluding hydrogens is 290 g/mol. The summed E-state index contributed by atoms with van der Waals surface area (Å²) in [4.78, 5) is 7.21. The molecule has 1 aromatic carbocycles. The first-order valence-corrected chi connectivity index (χ1v) is 7.04. The molecule has 6 nitrogen and oxygen atoms in total. The lowest BCUT2D eigenvalue weighted by atomic mass is 9.97. The second-order valence-corrected chi connectivity index (χ2v) is 4.83.